The second-order valence-electron chi connectivity index (χ2n) is 4.92. The first-order chi connectivity index (χ1) is 11.1. The lowest BCUT2D eigenvalue weighted by Gasteiger charge is -2.16. The third kappa shape index (κ3) is 4.69. The first-order valence-corrected chi connectivity index (χ1v) is 7.13. The van der Waals surface area contributed by atoms with Gasteiger partial charge in [0.2, 0.25) is 6.54 Å². The topological polar surface area (TPSA) is 70.8 Å². The Kier molecular flexibility index (Phi) is 5.94. The minimum Gasteiger partial charge on any atom is -0.493 e. The van der Waals surface area contributed by atoms with E-state index in [2.05, 4.69) is 0 Å². The van der Waals surface area contributed by atoms with E-state index < -0.39 is 11.0 Å². The summed E-state index contributed by atoms with van der Waals surface area (Å²) in [4.78, 5) is 10.3. The summed E-state index contributed by atoms with van der Waals surface area (Å²) in [6.07, 6.45) is -0.630. The Labute approximate surface area is 134 Å². The van der Waals surface area contributed by atoms with Gasteiger partial charge in [-0.05, 0) is 23.3 Å². The average Bonchev–Trinajstić information content (AvgIpc) is 2.58. The molecule has 0 radical (unpaired) electrons. The molecule has 2 aromatic carbocycles. The predicted molar refractivity (Wildman–Crippen MR) is 85.4 cm³/mol. The van der Waals surface area contributed by atoms with E-state index in [0.29, 0.717) is 23.7 Å². The Bertz CT molecular complexity index is 645. The zero-order valence-electron chi connectivity index (χ0n) is 13.1. The van der Waals surface area contributed by atoms with Gasteiger partial charge in [-0.2, -0.15) is 0 Å². The van der Waals surface area contributed by atoms with Crippen LogP contribution in [0.25, 0.3) is 0 Å². The highest BCUT2D eigenvalue weighted by molar-refractivity contribution is 5.43. The molecule has 2 rings (SSSR count). The third-order valence-corrected chi connectivity index (χ3v) is 3.40. The van der Waals surface area contributed by atoms with Gasteiger partial charge in [0.25, 0.3) is 0 Å². The molecule has 0 unspecified atom stereocenters. The van der Waals surface area contributed by atoms with Crippen molar-refractivity contribution in [1.82, 2.24) is 0 Å². The number of hydrogen-bond acceptors (Lipinski definition) is 5. The van der Waals surface area contributed by atoms with Crippen LogP contribution in [0.2, 0.25) is 0 Å². The Morgan fingerprint density at radius 2 is 1.83 bits per heavy atom. The molecule has 0 aliphatic rings. The van der Waals surface area contributed by atoms with Gasteiger partial charge in [0.05, 0.1) is 7.11 Å². The van der Waals surface area contributed by atoms with Crippen LogP contribution in [-0.2, 0) is 11.3 Å². The molecule has 1 atom stereocenters. The third-order valence-electron chi connectivity index (χ3n) is 3.40. The van der Waals surface area contributed by atoms with Crippen molar-refractivity contribution >= 4 is 0 Å². The fourth-order valence-corrected chi connectivity index (χ4v) is 2.19. The van der Waals surface area contributed by atoms with Crippen molar-refractivity contribution in [2.45, 2.75) is 12.7 Å². The van der Waals surface area contributed by atoms with E-state index in [4.69, 9.17) is 14.2 Å². The quantitative estimate of drug-likeness (QED) is 0.552. The van der Waals surface area contributed by atoms with Crippen LogP contribution in [0.4, 0.5) is 0 Å². The number of ether oxygens (including phenoxy) is 3. The first-order valence-electron chi connectivity index (χ1n) is 7.13. The molecule has 6 heteroatoms. The van der Waals surface area contributed by atoms with Gasteiger partial charge in [0.15, 0.2) is 11.5 Å². The summed E-state index contributed by atoms with van der Waals surface area (Å²) in [6.45, 7) is 0.0779. The maximum Gasteiger partial charge on any atom is 0.233 e. The number of nitro groups is 1. The number of hydrogen-bond donors (Lipinski definition) is 0. The lowest BCUT2D eigenvalue weighted by molar-refractivity contribution is -0.492. The molecule has 23 heavy (non-hydrogen) atoms. The maximum atomic E-state index is 10.7. The van der Waals surface area contributed by atoms with Crippen LogP contribution < -0.4 is 9.47 Å². The Morgan fingerprint density at radius 1 is 1.09 bits per heavy atom. The minimum atomic E-state index is -0.630. The van der Waals surface area contributed by atoms with Crippen molar-refractivity contribution in [2.75, 3.05) is 20.8 Å². The monoisotopic (exact) mass is 317 g/mol. The molecular weight excluding hydrogens is 298 g/mol. The summed E-state index contributed by atoms with van der Waals surface area (Å²) in [6, 6.07) is 14.9. The van der Waals surface area contributed by atoms with E-state index in [1.54, 1.807) is 25.3 Å². The van der Waals surface area contributed by atoms with Gasteiger partial charge < -0.3 is 14.2 Å². The summed E-state index contributed by atoms with van der Waals surface area (Å²) in [7, 11) is 3.00. The molecule has 0 spiro atoms. The highest BCUT2D eigenvalue weighted by Crippen LogP contribution is 2.32. The van der Waals surface area contributed by atoms with Crippen molar-refractivity contribution in [3.05, 3.63) is 69.8 Å². The van der Waals surface area contributed by atoms with Crippen molar-refractivity contribution in [1.29, 1.82) is 0 Å². The highest BCUT2D eigenvalue weighted by Gasteiger charge is 2.19. The zero-order valence-corrected chi connectivity index (χ0v) is 13.1. The average molecular weight is 317 g/mol. The Morgan fingerprint density at radius 3 is 2.43 bits per heavy atom. The van der Waals surface area contributed by atoms with Crippen LogP contribution in [0, 0.1) is 10.1 Å². The van der Waals surface area contributed by atoms with Crippen LogP contribution in [0.15, 0.2) is 48.5 Å². The molecule has 0 heterocycles. The number of nitrogens with zero attached hydrogens (tertiary/aromatic N) is 1. The van der Waals surface area contributed by atoms with Gasteiger partial charge in [-0.3, -0.25) is 10.1 Å². The Balaban J connectivity index is 2.19. The molecule has 122 valence electrons. The normalized spacial score (nSPS) is 11.7. The second kappa shape index (κ2) is 8.14. The van der Waals surface area contributed by atoms with Gasteiger partial charge in [-0.25, -0.2) is 0 Å². The lowest BCUT2D eigenvalue weighted by Crippen LogP contribution is -2.14. The molecule has 0 N–H and O–H groups in total. The molecule has 0 bridgehead atoms. The minimum absolute atomic E-state index is 0.305. The predicted octanol–water partition coefficient (Wildman–Crippen LogP) is 3.24. The standard InChI is InChI=1S/C17H19NO5/c1-21-15-9-8-14(17(22-2)11-18(19)20)10-16(15)23-12-13-6-4-3-5-7-13/h3-10,17H,11-12H2,1-2H3/t17-/m0/s1. The van der Waals surface area contributed by atoms with Gasteiger partial charge in [-0.15, -0.1) is 0 Å². The largest absolute Gasteiger partial charge is 0.493 e. The first kappa shape index (κ1) is 16.8. The molecule has 0 aliphatic carbocycles. The molecule has 0 saturated carbocycles. The molecular formula is C17H19NO5. The lowest BCUT2D eigenvalue weighted by atomic mass is 10.1. The number of methoxy groups -OCH3 is 2. The highest BCUT2D eigenvalue weighted by atomic mass is 16.6. The summed E-state index contributed by atoms with van der Waals surface area (Å²) >= 11 is 0. The van der Waals surface area contributed by atoms with Crippen LogP contribution in [0.3, 0.4) is 0 Å². The van der Waals surface area contributed by atoms with Crippen LogP contribution >= 0.6 is 0 Å². The van der Waals surface area contributed by atoms with Crippen molar-refractivity contribution in [3.8, 4) is 11.5 Å². The van der Waals surface area contributed by atoms with Crippen molar-refractivity contribution in [2.24, 2.45) is 0 Å². The molecule has 0 aliphatic heterocycles. The molecule has 0 amide bonds. The van der Waals surface area contributed by atoms with Gasteiger partial charge in [-0.1, -0.05) is 36.4 Å². The zero-order chi connectivity index (χ0) is 16.7. The van der Waals surface area contributed by atoms with Gasteiger partial charge in [0, 0.05) is 12.0 Å². The summed E-state index contributed by atoms with van der Waals surface area (Å²) in [5.74, 6) is 1.10. The maximum absolute atomic E-state index is 10.7. The van der Waals surface area contributed by atoms with Crippen LogP contribution in [0.1, 0.15) is 17.2 Å². The molecule has 2 aromatic rings. The SMILES string of the molecule is COc1ccc([C@H](C[N+](=O)[O-])OC)cc1OCc1ccccc1. The van der Waals surface area contributed by atoms with Crippen LogP contribution in [0.5, 0.6) is 11.5 Å². The fraction of sp³-hybridized carbons (Fsp3) is 0.294. The smallest absolute Gasteiger partial charge is 0.233 e. The van der Waals surface area contributed by atoms with Gasteiger partial charge >= 0.3 is 0 Å². The Hall–Kier alpha value is -2.60. The van der Waals surface area contributed by atoms with Crippen molar-refractivity contribution in [3.63, 3.8) is 0 Å². The summed E-state index contributed by atoms with van der Waals surface area (Å²) < 4.78 is 16.3. The molecule has 6 nitrogen and oxygen atoms in total. The van der Waals surface area contributed by atoms with Gasteiger partial charge in [0.1, 0.15) is 12.7 Å². The molecule has 0 fully saturated rings. The van der Waals surface area contributed by atoms with E-state index in [1.807, 2.05) is 30.3 Å². The molecule has 0 aromatic heterocycles. The second-order valence-corrected chi connectivity index (χ2v) is 4.92. The number of benzene rings is 2. The van der Waals surface area contributed by atoms with Crippen molar-refractivity contribution < 1.29 is 19.1 Å². The van der Waals surface area contributed by atoms with E-state index in [-0.39, 0.29) is 6.54 Å². The van der Waals surface area contributed by atoms with E-state index in [9.17, 15) is 10.1 Å². The fourth-order valence-electron chi connectivity index (χ4n) is 2.19. The summed E-state index contributed by atoms with van der Waals surface area (Å²) in [5.41, 5.74) is 1.70. The van der Waals surface area contributed by atoms with E-state index >= 15 is 0 Å². The summed E-state index contributed by atoms with van der Waals surface area (Å²) in [5, 5.41) is 10.7. The van der Waals surface area contributed by atoms with E-state index in [0.717, 1.165) is 5.56 Å². The number of rotatable bonds is 8. The molecule has 0 saturated heterocycles. The van der Waals surface area contributed by atoms with E-state index in [1.165, 1.54) is 7.11 Å². The van der Waals surface area contributed by atoms with Crippen LogP contribution in [-0.4, -0.2) is 25.7 Å².